The summed E-state index contributed by atoms with van der Waals surface area (Å²) in [6.45, 7) is 8.58. The summed E-state index contributed by atoms with van der Waals surface area (Å²) in [6.07, 6.45) is 1.44. The summed E-state index contributed by atoms with van der Waals surface area (Å²) in [7, 11) is 0. The molecule has 0 N–H and O–H groups in total. The molecule has 0 saturated carbocycles. The Morgan fingerprint density at radius 2 is 1.26 bits per heavy atom. The van der Waals surface area contributed by atoms with Crippen molar-refractivity contribution >= 4 is 11.6 Å². The maximum atomic E-state index is 12.1. The van der Waals surface area contributed by atoms with Crippen molar-refractivity contribution in [3.63, 3.8) is 0 Å². The average Bonchev–Trinajstić information content (AvgIpc) is 2.23. The van der Waals surface area contributed by atoms with Crippen molar-refractivity contribution in [3.8, 4) is 0 Å². The smallest absolute Gasteiger partial charge is 0.141 e. The third-order valence-electron chi connectivity index (χ3n) is 4.03. The lowest BCUT2D eigenvalue weighted by atomic mass is 9.80. The van der Waals surface area contributed by atoms with Gasteiger partial charge in [-0.2, -0.15) is 0 Å². The molecule has 0 aromatic rings. The van der Waals surface area contributed by atoms with Gasteiger partial charge in [-0.25, -0.2) is 0 Å². The lowest BCUT2D eigenvalue weighted by Crippen LogP contribution is -2.44. The van der Waals surface area contributed by atoms with Crippen LogP contribution in [-0.4, -0.2) is 36.0 Å². The predicted molar refractivity (Wildman–Crippen MR) is 70.9 cm³/mol. The van der Waals surface area contributed by atoms with Gasteiger partial charge in [-0.05, 0) is 34.1 Å². The van der Waals surface area contributed by atoms with Crippen LogP contribution in [0.15, 0.2) is 0 Å². The van der Waals surface area contributed by atoms with Crippen molar-refractivity contribution in [2.75, 3.05) is 13.2 Å². The number of carbonyl (C=O) groups excluding carboxylic acids is 2. The van der Waals surface area contributed by atoms with Crippen molar-refractivity contribution < 1.29 is 19.1 Å². The van der Waals surface area contributed by atoms with Crippen molar-refractivity contribution in [2.24, 2.45) is 11.8 Å². The molecule has 0 bridgehead atoms. The monoisotopic (exact) mass is 268 g/mol. The van der Waals surface area contributed by atoms with Gasteiger partial charge in [0.05, 0.1) is 24.4 Å². The zero-order chi connectivity index (χ0) is 14.3. The molecule has 2 aliphatic heterocycles. The van der Waals surface area contributed by atoms with Gasteiger partial charge in [-0.3, -0.25) is 9.59 Å². The molecule has 0 amide bonds. The predicted octanol–water partition coefficient (Wildman–Crippen LogP) is 2.14. The zero-order valence-corrected chi connectivity index (χ0v) is 12.3. The Morgan fingerprint density at radius 3 is 1.58 bits per heavy atom. The van der Waals surface area contributed by atoms with E-state index in [1.54, 1.807) is 0 Å². The van der Waals surface area contributed by atoms with E-state index in [4.69, 9.17) is 9.47 Å². The lowest BCUT2D eigenvalue weighted by molar-refractivity contribution is -0.153. The second-order valence-corrected chi connectivity index (χ2v) is 7.06. The number of hydrogen-bond acceptors (Lipinski definition) is 4. The SMILES string of the molecule is CC1(C)CC(=O)[C@@H](C[C@H]2COC(C)(C)CC2=O)CO1. The number of Topliss-reactive ketones (excluding diaryl/α,β-unsaturated/α-hetero) is 2. The molecular formula is C15H24O4. The molecule has 0 aliphatic carbocycles. The Bertz CT molecular complexity index is 348. The summed E-state index contributed by atoms with van der Waals surface area (Å²) in [5, 5.41) is 0. The highest BCUT2D eigenvalue weighted by Crippen LogP contribution is 2.32. The Balaban J connectivity index is 1.92. The molecule has 2 rings (SSSR count). The summed E-state index contributed by atoms with van der Waals surface area (Å²) in [4.78, 5) is 24.2. The first kappa shape index (κ1) is 14.7. The van der Waals surface area contributed by atoms with Crippen LogP contribution in [0.5, 0.6) is 0 Å². The third-order valence-corrected chi connectivity index (χ3v) is 4.03. The molecule has 2 aliphatic rings. The fourth-order valence-corrected chi connectivity index (χ4v) is 2.81. The van der Waals surface area contributed by atoms with Crippen molar-refractivity contribution in [3.05, 3.63) is 0 Å². The fraction of sp³-hybridized carbons (Fsp3) is 0.867. The maximum Gasteiger partial charge on any atom is 0.141 e. The van der Waals surface area contributed by atoms with E-state index in [2.05, 4.69) is 0 Å². The van der Waals surface area contributed by atoms with E-state index in [9.17, 15) is 9.59 Å². The molecule has 0 aromatic carbocycles. The van der Waals surface area contributed by atoms with Crippen LogP contribution in [0.2, 0.25) is 0 Å². The highest BCUT2D eigenvalue weighted by molar-refractivity contribution is 5.86. The molecule has 0 spiro atoms. The molecule has 4 nitrogen and oxygen atoms in total. The molecule has 0 aromatic heterocycles. The van der Waals surface area contributed by atoms with Gasteiger partial charge < -0.3 is 9.47 Å². The molecule has 2 heterocycles. The van der Waals surface area contributed by atoms with Gasteiger partial charge in [0.1, 0.15) is 11.6 Å². The lowest BCUT2D eigenvalue weighted by Gasteiger charge is -2.37. The van der Waals surface area contributed by atoms with Gasteiger partial charge >= 0.3 is 0 Å². The van der Waals surface area contributed by atoms with Crippen LogP contribution >= 0.6 is 0 Å². The van der Waals surface area contributed by atoms with Crippen molar-refractivity contribution in [2.45, 2.75) is 58.2 Å². The van der Waals surface area contributed by atoms with Crippen LogP contribution in [0.25, 0.3) is 0 Å². The van der Waals surface area contributed by atoms with E-state index in [1.165, 1.54) is 0 Å². The first-order chi connectivity index (χ1) is 8.69. The normalized spacial score (nSPS) is 34.3. The van der Waals surface area contributed by atoms with E-state index < -0.39 is 0 Å². The minimum absolute atomic E-state index is 0.146. The molecule has 0 unspecified atom stereocenters. The number of ether oxygens (including phenoxy) is 2. The zero-order valence-electron chi connectivity index (χ0n) is 12.3. The first-order valence-electron chi connectivity index (χ1n) is 7.02. The van der Waals surface area contributed by atoms with Gasteiger partial charge in [0.2, 0.25) is 0 Å². The standard InChI is InChI=1S/C15H24O4/c1-14(2)6-12(16)10(8-18-14)5-11-9-19-15(3,4)7-13(11)17/h10-11H,5-9H2,1-4H3/t10-,11-/m0/s1. The van der Waals surface area contributed by atoms with Crippen LogP contribution in [0.3, 0.4) is 0 Å². The summed E-state index contributed by atoms with van der Waals surface area (Å²) < 4.78 is 11.4. The summed E-state index contributed by atoms with van der Waals surface area (Å²) in [6, 6.07) is 0. The Morgan fingerprint density at radius 1 is 0.895 bits per heavy atom. The van der Waals surface area contributed by atoms with E-state index >= 15 is 0 Å². The van der Waals surface area contributed by atoms with Crippen molar-refractivity contribution in [1.29, 1.82) is 0 Å². The number of carbonyl (C=O) groups is 2. The largest absolute Gasteiger partial charge is 0.374 e. The molecule has 2 saturated heterocycles. The van der Waals surface area contributed by atoms with Gasteiger partial charge in [0, 0.05) is 24.7 Å². The molecule has 2 fully saturated rings. The quantitative estimate of drug-likeness (QED) is 0.770. The average molecular weight is 268 g/mol. The molecular weight excluding hydrogens is 244 g/mol. The Hall–Kier alpha value is -0.740. The Kier molecular flexibility index (Phi) is 3.85. The number of ketones is 2. The van der Waals surface area contributed by atoms with Gasteiger partial charge in [0.25, 0.3) is 0 Å². The highest BCUT2D eigenvalue weighted by atomic mass is 16.5. The highest BCUT2D eigenvalue weighted by Gasteiger charge is 2.39. The van der Waals surface area contributed by atoms with E-state index in [0.717, 1.165) is 0 Å². The Labute approximate surface area is 114 Å². The van der Waals surface area contributed by atoms with Gasteiger partial charge in [0.15, 0.2) is 0 Å². The summed E-state index contributed by atoms with van der Waals surface area (Å²) in [5.41, 5.74) is -0.717. The molecule has 2 atom stereocenters. The molecule has 0 radical (unpaired) electrons. The summed E-state index contributed by atoms with van der Waals surface area (Å²) in [5.74, 6) is 0.140. The maximum absolute atomic E-state index is 12.1. The molecule has 108 valence electrons. The number of hydrogen-bond donors (Lipinski definition) is 0. The van der Waals surface area contributed by atoms with E-state index in [-0.39, 0.29) is 34.6 Å². The van der Waals surface area contributed by atoms with Crippen LogP contribution in [0, 0.1) is 11.8 Å². The van der Waals surface area contributed by atoms with Crippen molar-refractivity contribution in [1.82, 2.24) is 0 Å². The molecule has 4 heteroatoms. The van der Waals surface area contributed by atoms with Crippen LogP contribution < -0.4 is 0 Å². The van der Waals surface area contributed by atoms with Crippen LogP contribution in [0.4, 0.5) is 0 Å². The number of rotatable bonds is 2. The van der Waals surface area contributed by atoms with Crippen LogP contribution in [0.1, 0.15) is 47.0 Å². The first-order valence-corrected chi connectivity index (χ1v) is 7.02. The third kappa shape index (κ3) is 3.63. The van der Waals surface area contributed by atoms with Gasteiger partial charge in [-0.15, -0.1) is 0 Å². The van der Waals surface area contributed by atoms with E-state index in [1.807, 2.05) is 27.7 Å². The minimum atomic E-state index is -0.358. The van der Waals surface area contributed by atoms with Gasteiger partial charge in [-0.1, -0.05) is 0 Å². The topological polar surface area (TPSA) is 52.6 Å². The van der Waals surface area contributed by atoms with E-state index in [0.29, 0.717) is 32.5 Å². The van der Waals surface area contributed by atoms with Crippen LogP contribution in [-0.2, 0) is 19.1 Å². The summed E-state index contributed by atoms with van der Waals surface area (Å²) >= 11 is 0. The molecule has 19 heavy (non-hydrogen) atoms. The fourth-order valence-electron chi connectivity index (χ4n) is 2.81. The minimum Gasteiger partial charge on any atom is -0.374 e. The second kappa shape index (κ2) is 4.98. The second-order valence-electron chi connectivity index (χ2n) is 7.06.